The molecule has 0 aliphatic carbocycles. The van der Waals surface area contributed by atoms with Gasteiger partial charge in [0.15, 0.2) is 5.71 Å². The molecule has 0 fully saturated rings. The van der Waals surface area contributed by atoms with Gasteiger partial charge in [-0.15, -0.1) is 0 Å². The van der Waals surface area contributed by atoms with Gasteiger partial charge in [-0.2, -0.15) is 8.78 Å². The Bertz CT molecular complexity index is 245. The van der Waals surface area contributed by atoms with Crippen LogP contribution in [0.25, 0.3) is 0 Å². The van der Waals surface area contributed by atoms with Crippen molar-refractivity contribution < 1.29 is 23.0 Å². The van der Waals surface area contributed by atoms with Crippen LogP contribution in [0.2, 0.25) is 0 Å². The van der Waals surface area contributed by atoms with E-state index in [0.29, 0.717) is 0 Å². The summed E-state index contributed by atoms with van der Waals surface area (Å²) in [6.07, 6.45) is 0. The van der Waals surface area contributed by atoms with E-state index in [-0.39, 0.29) is 0 Å². The highest BCUT2D eigenvalue weighted by Gasteiger charge is 2.31. The summed E-state index contributed by atoms with van der Waals surface area (Å²) in [4.78, 5) is 15.2. The van der Waals surface area contributed by atoms with E-state index in [1.54, 1.807) is 0 Å². The number of hydrogen-bond acceptors (Lipinski definition) is 3. The van der Waals surface area contributed by atoms with E-state index in [1.165, 1.54) is 0 Å². The Balaban J connectivity index is 2.66. The molecular weight excluding hydrogens is 151 g/mol. The lowest BCUT2D eigenvalue weighted by molar-refractivity contribution is -0.174. The molecule has 6 heteroatoms. The summed E-state index contributed by atoms with van der Waals surface area (Å²) in [5, 5.41) is 0. The van der Waals surface area contributed by atoms with Crippen LogP contribution in [0.4, 0.5) is 13.3 Å². The number of aliphatic imine (C=N–C) groups is 1. The monoisotopic (exact) mass is 151 g/mol. The molecule has 0 spiro atoms. The van der Waals surface area contributed by atoms with Gasteiger partial charge in [0.2, 0.25) is 5.83 Å². The zero-order chi connectivity index (χ0) is 7.72. The van der Waals surface area contributed by atoms with Crippen LogP contribution < -0.4 is 0 Å². The molecule has 1 aliphatic heterocycles. The Morgan fingerprint density at radius 1 is 1.50 bits per heavy atom. The Hall–Kier alpha value is -1.33. The maximum atomic E-state index is 11.9. The molecule has 10 heavy (non-hydrogen) atoms. The van der Waals surface area contributed by atoms with Gasteiger partial charge in [-0.3, -0.25) is 0 Å². The van der Waals surface area contributed by atoms with Crippen molar-refractivity contribution >= 4 is 11.7 Å². The number of halogens is 3. The van der Waals surface area contributed by atoms with E-state index < -0.39 is 23.5 Å². The van der Waals surface area contributed by atoms with Crippen molar-refractivity contribution in [2.75, 3.05) is 0 Å². The van der Waals surface area contributed by atoms with Crippen molar-refractivity contribution in [1.29, 1.82) is 0 Å². The van der Waals surface area contributed by atoms with Crippen molar-refractivity contribution in [3.05, 3.63) is 11.8 Å². The molecule has 0 saturated heterocycles. The molecule has 0 bridgehead atoms. The zero-order valence-corrected chi connectivity index (χ0v) is 4.40. The van der Waals surface area contributed by atoms with Crippen LogP contribution in [0.5, 0.6) is 0 Å². The van der Waals surface area contributed by atoms with Crippen molar-refractivity contribution in [1.82, 2.24) is 0 Å². The number of nitrogens with zero attached hydrogens (tertiary/aromatic N) is 1. The molecule has 0 atom stereocenters. The average Bonchev–Trinajstić information content (AvgIpc) is 1.98. The lowest BCUT2D eigenvalue weighted by Gasteiger charge is -2.05. The Kier molecular flexibility index (Phi) is 1.44. The van der Waals surface area contributed by atoms with Crippen LogP contribution in [0.3, 0.4) is 0 Å². The van der Waals surface area contributed by atoms with Crippen molar-refractivity contribution in [2.45, 2.75) is 0 Å². The maximum absolute atomic E-state index is 11.9. The predicted octanol–water partition coefficient (Wildman–Crippen LogP) is 0.977. The van der Waals surface area contributed by atoms with E-state index >= 15 is 0 Å². The van der Waals surface area contributed by atoms with Gasteiger partial charge in [0.05, 0.1) is 0 Å². The third-order valence-corrected chi connectivity index (χ3v) is 0.862. The number of hydrogen-bond donors (Lipinski definition) is 0. The van der Waals surface area contributed by atoms with Crippen molar-refractivity contribution in [3.63, 3.8) is 0 Å². The summed E-state index contributed by atoms with van der Waals surface area (Å²) in [5.41, 5.74) is -0.958. The van der Waals surface area contributed by atoms with Crippen LogP contribution in [0, 0.1) is 0 Å². The summed E-state index contributed by atoms with van der Waals surface area (Å²) in [6.45, 7) is 0. The molecule has 0 aromatic carbocycles. The van der Waals surface area contributed by atoms with Gasteiger partial charge >= 0.3 is 5.97 Å². The van der Waals surface area contributed by atoms with Gasteiger partial charge < -0.3 is 0 Å². The fourth-order valence-electron chi connectivity index (χ4n) is 0.413. The topological polar surface area (TPSA) is 38.7 Å². The first kappa shape index (κ1) is 6.79. The average molecular weight is 151 g/mol. The third kappa shape index (κ3) is 0.772. The zero-order valence-electron chi connectivity index (χ0n) is 4.40. The molecular formula is C4F3NO2. The molecule has 3 nitrogen and oxygen atoms in total. The summed E-state index contributed by atoms with van der Waals surface area (Å²) >= 11 is 0. The summed E-state index contributed by atoms with van der Waals surface area (Å²) in [7, 11) is 0. The Morgan fingerprint density at radius 2 is 2.10 bits per heavy atom. The van der Waals surface area contributed by atoms with Gasteiger partial charge in [0, 0.05) is 4.53 Å². The quantitative estimate of drug-likeness (QED) is 0.524. The highest BCUT2D eigenvalue weighted by molar-refractivity contribution is 6.44. The van der Waals surface area contributed by atoms with Gasteiger partial charge in [-0.05, 0) is 0 Å². The third-order valence-electron chi connectivity index (χ3n) is 0.862. The molecule has 0 unspecified atom stereocenters. The van der Waals surface area contributed by atoms with Crippen LogP contribution in [0.15, 0.2) is 16.8 Å². The lowest BCUT2D eigenvalue weighted by Crippen LogP contribution is -2.21. The lowest BCUT2D eigenvalue weighted by atomic mass is 10.3. The van der Waals surface area contributed by atoms with Crippen LogP contribution in [-0.2, 0) is 9.74 Å². The first-order chi connectivity index (χ1) is 4.66. The molecule has 0 aromatic heterocycles. The normalized spacial score (nSPS) is 16.1. The molecule has 0 aromatic rings. The van der Waals surface area contributed by atoms with E-state index in [9.17, 15) is 18.1 Å². The number of carbonyl (C=O) groups excluding carboxylic acids is 1. The van der Waals surface area contributed by atoms with Crippen LogP contribution in [-0.4, -0.2) is 11.7 Å². The SMILES string of the molecule is O=C(OF)C1=NC(F)=C1F. The molecule has 1 rings (SSSR count). The number of carbonyl (C=O) groups is 1. The highest BCUT2D eigenvalue weighted by atomic mass is 19.3. The molecule has 1 aliphatic rings. The molecule has 0 amide bonds. The van der Waals surface area contributed by atoms with Crippen molar-refractivity contribution in [3.8, 4) is 0 Å². The highest BCUT2D eigenvalue weighted by Crippen LogP contribution is 2.22. The van der Waals surface area contributed by atoms with Crippen molar-refractivity contribution in [2.24, 2.45) is 4.99 Å². The van der Waals surface area contributed by atoms with E-state index in [1.807, 2.05) is 0 Å². The van der Waals surface area contributed by atoms with Gasteiger partial charge in [0.25, 0.3) is 5.95 Å². The molecule has 1 heterocycles. The minimum absolute atomic E-state index is 0.958. The second-order valence-electron chi connectivity index (χ2n) is 1.43. The van der Waals surface area contributed by atoms with Gasteiger partial charge in [-0.25, -0.2) is 14.7 Å². The largest absolute Gasteiger partial charge is 0.401 e. The minimum atomic E-state index is -1.63. The Labute approximate surface area is 52.7 Å². The van der Waals surface area contributed by atoms with Gasteiger partial charge in [-0.1, -0.05) is 0 Å². The first-order valence-corrected chi connectivity index (χ1v) is 2.14. The number of rotatable bonds is 1. The second kappa shape index (κ2) is 2.13. The summed E-state index contributed by atoms with van der Waals surface area (Å²) < 4.78 is 34.5. The minimum Gasteiger partial charge on any atom is -0.247 e. The molecule has 0 radical (unpaired) electrons. The smallest absolute Gasteiger partial charge is 0.247 e. The summed E-state index contributed by atoms with van der Waals surface area (Å²) in [6, 6.07) is 0. The Morgan fingerprint density at radius 3 is 2.40 bits per heavy atom. The van der Waals surface area contributed by atoms with E-state index in [2.05, 4.69) is 9.93 Å². The molecule has 0 N–H and O–H groups in total. The predicted molar refractivity (Wildman–Crippen MR) is 23.9 cm³/mol. The van der Waals surface area contributed by atoms with Crippen LogP contribution in [0.1, 0.15) is 0 Å². The van der Waals surface area contributed by atoms with E-state index in [0.717, 1.165) is 0 Å². The first-order valence-electron chi connectivity index (χ1n) is 2.14. The molecule has 0 saturated carbocycles. The summed E-state index contributed by atoms with van der Waals surface area (Å²) in [5.74, 6) is -4.51. The maximum Gasteiger partial charge on any atom is 0.401 e. The second-order valence-corrected chi connectivity index (χ2v) is 1.43. The van der Waals surface area contributed by atoms with Gasteiger partial charge in [0.1, 0.15) is 0 Å². The standard InChI is InChI=1S/C4F3NO2/c5-1-2(4(9)10-7)8-3(1)6. The fraction of sp³-hybridized carbons (Fsp3) is 0. The van der Waals surface area contributed by atoms with Crippen LogP contribution >= 0.6 is 0 Å². The van der Waals surface area contributed by atoms with E-state index in [4.69, 9.17) is 0 Å². The fourth-order valence-corrected chi connectivity index (χ4v) is 0.413. The molecule has 54 valence electrons.